The van der Waals surface area contributed by atoms with Gasteiger partial charge in [-0.2, -0.15) is 4.39 Å². The van der Waals surface area contributed by atoms with Crippen LogP contribution in [0.4, 0.5) is 10.1 Å². The van der Waals surface area contributed by atoms with Crippen molar-refractivity contribution in [3.8, 4) is 5.75 Å². The zero-order valence-corrected chi connectivity index (χ0v) is 10.5. The lowest BCUT2D eigenvalue weighted by molar-refractivity contribution is -0.387. The number of hydrogen-bond donors (Lipinski definition) is 1. The number of nitro benzene ring substituents is 1. The van der Waals surface area contributed by atoms with Gasteiger partial charge in [0.1, 0.15) is 12.4 Å². The quantitative estimate of drug-likeness (QED) is 0.673. The maximum Gasteiger partial charge on any atom is 0.305 e. The summed E-state index contributed by atoms with van der Waals surface area (Å²) in [5.74, 6) is -0.391. The Labute approximate surface area is 114 Å². The number of benzene rings is 2. The Bertz CT molecular complexity index is 613. The lowest BCUT2D eigenvalue weighted by atomic mass is 10.2. The third-order valence-corrected chi connectivity index (χ3v) is 2.76. The summed E-state index contributed by atoms with van der Waals surface area (Å²) in [6, 6.07) is 10.6. The van der Waals surface area contributed by atoms with E-state index >= 15 is 0 Å². The van der Waals surface area contributed by atoms with Gasteiger partial charge in [-0.15, -0.1) is 0 Å². The van der Waals surface area contributed by atoms with Crippen LogP contribution in [0.15, 0.2) is 42.5 Å². The molecule has 2 rings (SSSR count). The third-order valence-electron chi connectivity index (χ3n) is 2.76. The molecule has 0 aliphatic rings. The van der Waals surface area contributed by atoms with Crippen molar-refractivity contribution in [3.05, 3.63) is 69.5 Å². The van der Waals surface area contributed by atoms with E-state index < -0.39 is 16.4 Å². The Morgan fingerprint density at radius 2 is 1.90 bits per heavy atom. The first-order chi connectivity index (χ1) is 9.61. The highest BCUT2D eigenvalue weighted by Crippen LogP contribution is 2.22. The van der Waals surface area contributed by atoms with Crippen LogP contribution in [0, 0.1) is 15.9 Å². The smallest absolute Gasteiger partial charge is 0.305 e. The van der Waals surface area contributed by atoms with Crippen molar-refractivity contribution in [2.24, 2.45) is 0 Å². The van der Waals surface area contributed by atoms with Crippen LogP contribution in [-0.4, -0.2) is 10.0 Å². The summed E-state index contributed by atoms with van der Waals surface area (Å²) in [5, 5.41) is 19.5. The van der Waals surface area contributed by atoms with E-state index in [0.717, 1.165) is 11.6 Å². The summed E-state index contributed by atoms with van der Waals surface area (Å²) in [6.45, 7) is -0.175. The number of aliphatic hydroxyl groups is 1. The highest BCUT2D eigenvalue weighted by atomic mass is 19.1. The van der Waals surface area contributed by atoms with Crippen molar-refractivity contribution >= 4 is 5.69 Å². The predicted molar refractivity (Wildman–Crippen MR) is 69.8 cm³/mol. The summed E-state index contributed by atoms with van der Waals surface area (Å²) in [6.07, 6.45) is 0. The third kappa shape index (κ3) is 3.10. The molecular formula is C14H12FNO4. The van der Waals surface area contributed by atoms with Crippen LogP contribution in [0.2, 0.25) is 0 Å². The van der Waals surface area contributed by atoms with Gasteiger partial charge in [0.25, 0.3) is 0 Å². The molecule has 1 N–H and O–H groups in total. The molecule has 0 unspecified atom stereocenters. The molecule has 0 saturated heterocycles. The van der Waals surface area contributed by atoms with Gasteiger partial charge in [-0.1, -0.05) is 24.3 Å². The fourth-order valence-corrected chi connectivity index (χ4v) is 1.67. The minimum atomic E-state index is -0.885. The maximum absolute atomic E-state index is 13.8. The van der Waals surface area contributed by atoms with E-state index in [0.29, 0.717) is 5.75 Å². The predicted octanol–water partition coefficient (Wildman–Crippen LogP) is 2.81. The Morgan fingerprint density at radius 1 is 1.20 bits per heavy atom. The molecule has 0 atom stereocenters. The van der Waals surface area contributed by atoms with Crippen LogP contribution < -0.4 is 4.74 Å². The molecule has 2 aromatic carbocycles. The summed E-state index contributed by atoms with van der Waals surface area (Å²) in [4.78, 5) is 9.85. The molecular weight excluding hydrogens is 265 g/mol. The molecule has 0 aliphatic heterocycles. The SMILES string of the molecule is O=[N+]([O-])c1cccc(COc2ccc(CO)cc2)c1F. The normalized spacial score (nSPS) is 10.3. The van der Waals surface area contributed by atoms with Crippen LogP contribution in [0.3, 0.4) is 0 Å². The Hall–Kier alpha value is -2.47. The van der Waals surface area contributed by atoms with E-state index in [9.17, 15) is 14.5 Å². The van der Waals surface area contributed by atoms with Gasteiger partial charge in [-0.05, 0) is 17.7 Å². The lowest BCUT2D eigenvalue weighted by Crippen LogP contribution is -2.01. The van der Waals surface area contributed by atoms with E-state index in [1.807, 2.05) is 0 Å². The Morgan fingerprint density at radius 3 is 2.50 bits per heavy atom. The summed E-state index contributed by atoms with van der Waals surface area (Å²) in [7, 11) is 0. The van der Waals surface area contributed by atoms with Crippen LogP contribution in [-0.2, 0) is 13.2 Å². The van der Waals surface area contributed by atoms with Crippen LogP contribution in [0.25, 0.3) is 0 Å². The number of rotatable bonds is 5. The second kappa shape index (κ2) is 6.12. The lowest BCUT2D eigenvalue weighted by Gasteiger charge is -2.07. The molecule has 0 amide bonds. The van der Waals surface area contributed by atoms with Gasteiger partial charge in [0, 0.05) is 11.6 Å². The van der Waals surface area contributed by atoms with Crippen molar-refractivity contribution in [1.82, 2.24) is 0 Å². The first-order valence-electron chi connectivity index (χ1n) is 5.86. The maximum atomic E-state index is 13.8. The van der Waals surface area contributed by atoms with Crippen molar-refractivity contribution in [2.45, 2.75) is 13.2 Å². The molecule has 0 radical (unpaired) electrons. The van der Waals surface area contributed by atoms with Crippen molar-refractivity contribution < 1.29 is 19.2 Å². The van der Waals surface area contributed by atoms with Gasteiger partial charge in [-0.25, -0.2) is 0 Å². The molecule has 5 nitrogen and oxygen atoms in total. The zero-order chi connectivity index (χ0) is 14.5. The summed E-state index contributed by atoms with van der Waals surface area (Å²) >= 11 is 0. The van der Waals surface area contributed by atoms with E-state index in [-0.39, 0.29) is 18.8 Å². The highest BCUT2D eigenvalue weighted by Gasteiger charge is 2.17. The molecule has 20 heavy (non-hydrogen) atoms. The van der Waals surface area contributed by atoms with Gasteiger partial charge >= 0.3 is 5.69 Å². The minimum Gasteiger partial charge on any atom is -0.489 e. The van der Waals surface area contributed by atoms with E-state index in [4.69, 9.17) is 9.84 Å². The average Bonchev–Trinajstić information content (AvgIpc) is 2.46. The Balaban J connectivity index is 2.10. The van der Waals surface area contributed by atoms with Crippen LogP contribution >= 0.6 is 0 Å². The van der Waals surface area contributed by atoms with Crippen molar-refractivity contribution in [2.75, 3.05) is 0 Å². The van der Waals surface area contributed by atoms with Crippen LogP contribution in [0.5, 0.6) is 5.75 Å². The number of aliphatic hydroxyl groups excluding tert-OH is 1. The standard InChI is InChI=1S/C14H12FNO4/c15-14-11(2-1-3-13(14)16(18)19)9-20-12-6-4-10(8-17)5-7-12/h1-7,17H,8-9H2. The molecule has 0 saturated carbocycles. The number of ether oxygens (including phenoxy) is 1. The number of nitro groups is 1. The number of hydrogen-bond acceptors (Lipinski definition) is 4. The average molecular weight is 277 g/mol. The molecule has 104 valence electrons. The molecule has 0 aromatic heterocycles. The van der Waals surface area contributed by atoms with E-state index in [2.05, 4.69) is 0 Å². The van der Waals surface area contributed by atoms with Crippen molar-refractivity contribution in [3.63, 3.8) is 0 Å². The largest absolute Gasteiger partial charge is 0.489 e. The molecule has 0 spiro atoms. The summed E-state index contributed by atoms with van der Waals surface area (Å²) < 4.78 is 19.2. The molecule has 0 heterocycles. The summed E-state index contributed by atoms with van der Waals surface area (Å²) in [5.41, 5.74) is 0.283. The second-order valence-corrected chi connectivity index (χ2v) is 4.10. The number of halogens is 1. The number of nitrogens with zero attached hydrogens (tertiary/aromatic N) is 1. The molecule has 2 aromatic rings. The van der Waals surface area contributed by atoms with Crippen molar-refractivity contribution in [1.29, 1.82) is 0 Å². The fraction of sp³-hybridized carbons (Fsp3) is 0.143. The van der Waals surface area contributed by atoms with Crippen LogP contribution in [0.1, 0.15) is 11.1 Å². The van der Waals surface area contributed by atoms with Gasteiger partial charge in [0.2, 0.25) is 5.82 Å². The molecule has 6 heteroatoms. The topological polar surface area (TPSA) is 72.6 Å². The van der Waals surface area contributed by atoms with Gasteiger partial charge < -0.3 is 9.84 Å². The highest BCUT2D eigenvalue weighted by molar-refractivity contribution is 5.37. The van der Waals surface area contributed by atoms with Gasteiger partial charge in [0.05, 0.1) is 11.5 Å². The van der Waals surface area contributed by atoms with Gasteiger partial charge in [-0.3, -0.25) is 10.1 Å². The van der Waals surface area contributed by atoms with Gasteiger partial charge in [0.15, 0.2) is 0 Å². The first-order valence-corrected chi connectivity index (χ1v) is 5.86. The first kappa shape index (κ1) is 14.0. The molecule has 0 bridgehead atoms. The van der Waals surface area contributed by atoms with E-state index in [1.54, 1.807) is 24.3 Å². The fourth-order valence-electron chi connectivity index (χ4n) is 1.67. The monoisotopic (exact) mass is 277 g/mol. The van der Waals surface area contributed by atoms with E-state index in [1.165, 1.54) is 12.1 Å². The molecule has 0 aliphatic carbocycles. The minimum absolute atomic E-state index is 0.0697. The Kier molecular flexibility index (Phi) is 4.27. The zero-order valence-electron chi connectivity index (χ0n) is 10.5. The second-order valence-electron chi connectivity index (χ2n) is 4.10. The molecule has 0 fully saturated rings.